The first-order valence-corrected chi connectivity index (χ1v) is 9.54. The van der Waals surface area contributed by atoms with Crippen LogP contribution in [0, 0.1) is 5.92 Å². The highest BCUT2D eigenvalue weighted by atomic mass is 16.2. The van der Waals surface area contributed by atoms with Crippen LogP contribution in [0.2, 0.25) is 0 Å². The molecule has 0 radical (unpaired) electrons. The molecule has 25 heavy (non-hydrogen) atoms. The Balaban J connectivity index is 1.36. The fourth-order valence-corrected chi connectivity index (χ4v) is 4.72. The summed E-state index contributed by atoms with van der Waals surface area (Å²) in [5.74, 6) is 0.583. The molecule has 1 amide bonds. The Kier molecular flexibility index (Phi) is 3.66. The summed E-state index contributed by atoms with van der Waals surface area (Å²) in [5.41, 5.74) is 2.70. The Labute approximate surface area is 147 Å². The molecule has 5 heterocycles. The van der Waals surface area contributed by atoms with Crippen molar-refractivity contribution in [3.05, 3.63) is 23.9 Å². The minimum atomic E-state index is -0.0427. The first kappa shape index (κ1) is 15.2. The van der Waals surface area contributed by atoms with Crippen LogP contribution in [0.25, 0.3) is 10.9 Å². The second-order valence-corrected chi connectivity index (χ2v) is 7.71. The summed E-state index contributed by atoms with van der Waals surface area (Å²) in [4.78, 5) is 17.6. The number of anilines is 1. The SMILES string of the molecule is O=C(N[C@H]1CN2CCC1CC2)c1n[nH]c2cc(N3CCCC3)ccc12. The van der Waals surface area contributed by atoms with E-state index in [0.29, 0.717) is 11.6 Å². The van der Waals surface area contributed by atoms with Crippen molar-refractivity contribution in [1.29, 1.82) is 0 Å². The van der Waals surface area contributed by atoms with Crippen molar-refractivity contribution in [3.8, 4) is 0 Å². The Morgan fingerprint density at radius 1 is 1.16 bits per heavy atom. The highest BCUT2D eigenvalue weighted by Gasteiger charge is 2.35. The Hall–Kier alpha value is -2.08. The van der Waals surface area contributed by atoms with Crippen molar-refractivity contribution in [2.45, 2.75) is 31.7 Å². The zero-order valence-electron chi connectivity index (χ0n) is 14.5. The first-order valence-electron chi connectivity index (χ1n) is 9.54. The van der Waals surface area contributed by atoms with Crippen LogP contribution in [0.1, 0.15) is 36.2 Å². The number of hydrogen-bond acceptors (Lipinski definition) is 4. The maximum atomic E-state index is 12.8. The maximum absolute atomic E-state index is 12.8. The standard InChI is InChI=1S/C19H25N5O/c25-19(20-17-12-23-9-5-13(17)6-10-23)18-15-4-3-14(11-16(15)21-22-18)24-7-1-2-8-24/h3-4,11,13,17H,1-2,5-10,12H2,(H,20,25)(H,21,22)/t17-/m0/s1. The lowest BCUT2D eigenvalue weighted by molar-refractivity contribution is 0.0618. The van der Waals surface area contributed by atoms with E-state index in [1.54, 1.807) is 0 Å². The van der Waals surface area contributed by atoms with Crippen molar-refractivity contribution in [2.24, 2.45) is 5.92 Å². The number of rotatable bonds is 3. The van der Waals surface area contributed by atoms with Crippen LogP contribution in [0.3, 0.4) is 0 Å². The molecule has 4 saturated heterocycles. The van der Waals surface area contributed by atoms with Crippen molar-refractivity contribution < 1.29 is 4.79 Å². The van der Waals surface area contributed by atoms with E-state index in [0.717, 1.165) is 30.5 Å². The van der Waals surface area contributed by atoms with Gasteiger partial charge >= 0.3 is 0 Å². The van der Waals surface area contributed by atoms with Crippen molar-refractivity contribution in [2.75, 3.05) is 37.6 Å². The molecular weight excluding hydrogens is 314 g/mol. The highest BCUT2D eigenvalue weighted by Crippen LogP contribution is 2.29. The first-order chi connectivity index (χ1) is 12.3. The van der Waals surface area contributed by atoms with Crippen LogP contribution in [0.15, 0.2) is 18.2 Å². The summed E-state index contributed by atoms with van der Waals surface area (Å²) in [6, 6.07) is 6.55. The predicted octanol–water partition coefficient (Wildman–Crippen LogP) is 1.99. The molecule has 2 N–H and O–H groups in total. The van der Waals surface area contributed by atoms with Gasteiger partial charge in [-0.15, -0.1) is 0 Å². The average Bonchev–Trinajstić information content (AvgIpc) is 3.32. The number of carbonyl (C=O) groups is 1. The molecule has 0 unspecified atom stereocenters. The van der Waals surface area contributed by atoms with Gasteiger partial charge in [0.1, 0.15) is 0 Å². The van der Waals surface area contributed by atoms with Crippen LogP contribution in [-0.2, 0) is 0 Å². The molecule has 0 aliphatic carbocycles. The molecule has 0 saturated carbocycles. The number of piperidine rings is 3. The van der Waals surface area contributed by atoms with Gasteiger partial charge in [-0.2, -0.15) is 5.10 Å². The summed E-state index contributed by atoms with van der Waals surface area (Å²) in [7, 11) is 0. The highest BCUT2D eigenvalue weighted by molar-refractivity contribution is 6.05. The van der Waals surface area contributed by atoms with E-state index >= 15 is 0 Å². The van der Waals surface area contributed by atoms with Gasteiger partial charge in [0, 0.05) is 36.7 Å². The number of amides is 1. The van der Waals surface area contributed by atoms with E-state index in [2.05, 4.69) is 37.4 Å². The number of aromatic amines is 1. The van der Waals surface area contributed by atoms with Gasteiger partial charge in [-0.1, -0.05) is 0 Å². The van der Waals surface area contributed by atoms with Gasteiger partial charge in [-0.05, 0) is 62.9 Å². The second-order valence-electron chi connectivity index (χ2n) is 7.71. The molecule has 6 heteroatoms. The number of nitrogens with zero attached hydrogens (tertiary/aromatic N) is 3. The van der Waals surface area contributed by atoms with E-state index in [1.165, 1.54) is 44.5 Å². The summed E-state index contributed by atoms with van der Waals surface area (Å²) >= 11 is 0. The lowest BCUT2D eigenvalue weighted by Gasteiger charge is -2.44. The molecule has 1 atom stereocenters. The lowest BCUT2D eigenvalue weighted by Crippen LogP contribution is -2.57. The molecule has 4 aliphatic heterocycles. The molecule has 6 nitrogen and oxygen atoms in total. The third-order valence-corrected chi connectivity index (χ3v) is 6.21. The number of aromatic nitrogens is 2. The summed E-state index contributed by atoms with van der Waals surface area (Å²) in [6.45, 7) is 5.58. The Morgan fingerprint density at radius 3 is 2.68 bits per heavy atom. The number of benzene rings is 1. The Bertz CT molecular complexity index is 786. The lowest BCUT2D eigenvalue weighted by atomic mass is 9.84. The molecule has 1 aromatic carbocycles. The molecule has 132 valence electrons. The van der Waals surface area contributed by atoms with Crippen LogP contribution in [0.5, 0.6) is 0 Å². The van der Waals surface area contributed by atoms with Gasteiger partial charge in [0.15, 0.2) is 5.69 Å². The molecule has 2 bridgehead atoms. The van der Waals surface area contributed by atoms with Gasteiger partial charge in [0.05, 0.1) is 5.52 Å². The maximum Gasteiger partial charge on any atom is 0.272 e. The van der Waals surface area contributed by atoms with E-state index in [1.807, 2.05) is 6.07 Å². The summed E-state index contributed by atoms with van der Waals surface area (Å²) in [6.07, 6.45) is 4.92. The smallest absolute Gasteiger partial charge is 0.272 e. The fourth-order valence-electron chi connectivity index (χ4n) is 4.72. The van der Waals surface area contributed by atoms with E-state index in [-0.39, 0.29) is 11.9 Å². The van der Waals surface area contributed by atoms with Crippen molar-refractivity contribution in [3.63, 3.8) is 0 Å². The summed E-state index contributed by atoms with van der Waals surface area (Å²) in [5, 5.41) is 11.5. The van der Waals surface area contributed by atoms with Gasteiger partial charge in [-0.25, -0.2) is 0 Å². The van der Waals surface area contributed by atoms with E-state index in [4.69, 9.17) is 0 Å². The number of carbonyl (C=O) groups excluding carboxylic acids is 1. The number of fused-ring (bicyclic) bond motifs is 4. The molecule has 4 aliphatic rings. The minimum Gasteiger partial charge on any atom is -0.371 e. The zero-order chi connectivity index (χ0) is 16.8. The zero-order valence-corrected chi connectivity index (χ0v) is 14.5. The second kappa shape index (κ2) is 6.02. The van der Waals surface area contributed by atoms with Crippen molar-refractivity contribution in [1.82, 2.24) is 20.4 Å². The largest absolute Gasteiger partial charge is 0.371 e. The molecule has 0 spiro atoms. The van der Waals surface area contributed by atoms with Crippen LogP contribution in [0.4, 0.5) is 5.69 Å². The number of hydrogen-bond donors (Lipinski definition) is 2. The quantitative estimate of drug-likeness (QED) is 0.898. The molecule has 4 fully saturated rings. The topological polar surface area (TPSA) is 64.3 Å². The van der Waals surface area contributed by atoms with Gasteiger partial charge in [0.25, 0.3) is 5.91 Å². The number of H-pyrrole nitrogens is 1. The fraction of sp³-hybridized carbons (Fsp3) is 0.579. The molecule has 1 aromatic heterocycles. The Morgan fingerprint density at radius 2 is 1.96 bits per heavy atom. The molecule has 2 aromatic rings. The van der Waals surface area contributed by atoms with Crippen LogP contribution in [-0.4, -0.2) is 59.8 Å². The third kappa shape index (κ3) is 2.68. The average molecular weight is 339 g/mol. The van der Waals surface area contributed by atoms with Crippen LogP contribution >= 0.6 is 0 Å². The van der Waals surface area contributed by atoms with Gasteiger partial charge in [-0.3, -0.25) is 9.89 Å². The minimum absolute atomic E-state index is 0.0427. The molecular formula is C19H25N5O. The molecule has 6 rings (SSSR count). The third-order valence-electron chi connectivity index (χ3n) is 6.21. The monoisotopic (exact) mass is 339 g/mol. The normalized spacial score (nSPS) is 28.6. The van der Waals surface area contributed by atoms with E-state index < -0.39 is 0 Å². The summed E-state index contributed by atoms with van der Waals surface area (Å²) < 4.78 is 0. The van der Waals surface area contributed by atoms with Gasteiger partial charge < -0.3 is 15.1 Å². The van der Waals surface area contributed by atoms with Crippen molar-refractivity contribution >= 4 is 22.5 Å². The number of nitrogens with one attached hydrogen (secondary N) is 2. The predicted molar refractivity (Wildman–Crippen MR) is 98.0 cm³/mol. The van der Waals surface area contributed by atoms with Crippen LogP contribution < -0.4 is 10.2 Å². The van der Waals surface area contributed by atoms with Gasteiger partial charge in [0.2, 0.25) is 0 Å². The van der Waals surface area contributed by atoms with E-state index in [9.17, 15) is 4.79 Å².